The molecule has 2 aromatic carbocycles. The summed E-state index contributed by atoms with van der Waals surface area (Å²) in [6.45, 7) is 3.76. The molecule has 0 aliphatic carbocycles. The molecule has 108 valence electrons. The van der Waals surface area contributed by atoms with Crippen molar-refractivity contribution in [3.63, 3.8) is 0 Å². The monoisotopic (exact) mass is 282 g/mol. The summed E-state index contributed by atoms with van der Waals surface area (Å²) < 4.78 is 0. The number of nitrogens with one attached hydrogen (secondary N) is 2. The summed E-state index contributed by atoms with van der Waals surface area (Å²) in [6, 6.07) is 14.5. The number of benzene rings is 2. The van der Waals surface area contributed by atoms with E-state index in [1.54, 1.807) is 31.2 Å². The number of rotatable bonds is 4. The molecule has 2 amide bonds. The van der Waals surface area contributed by atoms with Crippen LogP contribution >= 0.6 is 0 Å². The number of hydrogen-bond donors (Lipinski definition) is 2. The Bertz CT molecular complexity index is 648. The third-order valence-corrected chi connectivity index (χ3v) is 3.08. The molecule has 0 saturated carbocycles. The molecule has 4 heteroatoms. The average molecular weight is 282 g/mol. The molecule has 0 heterocycles. The second kappa shape index (κ2) is 6.70. The lowest BCUT2D eigenvalue weighted by Gasteiger charge is -2.11. The lowest BCUT2D eigenvalue weighted by molar-refractivity contribution is -0.115. The Labute approximate surface area is 124 Å². The molecule has 0 unspecified atom stereocenters. The molecule has 0 aromatic heterocycles. The summed E-state index contributed by atoms with van der Waals surface area (Å²) in [5.74, 6) is -0.364. The number of para-hydroxylation sites is 1. The topological polar surface area (TPSA) is 58.2 Å². The van der Waals surface area contributed by atoms with Crippen LogP contribution in [0, 0.1) is 6.92 Å². The van der Waals surface area contributed by atoms with Crippen molar-refractivity contribution < 1.29 is 9.59 Å². The van der Waals surface area contributed by atoms with E-state index in [1.807, 2.05) is 31.2 Å². The third kappa shape index (κ3) is 3.92. The fraction of sp³-hybridized carbons (Fsp3) is 0.176. The summed E-state index contributed by atoms with van der Waals surface area (Å²) in [4.78, 5) is 23.8. The highest BCUT2D eigenvalue weighted by Gasteiger charge is 2.12. The van der Waals surface area contributed by atoms with E-state index in [9.17, 15) is 9.59 Å². The van der Waals surface area contributed by atoms with E-state index in [2.05, 4.69) is 10.6 Å². The predicted octanol–water partition coefficient (Wildman–Crippen LogP) is 3.60. The van der Waals surface area contributed by atoms with Gasteiger partial charge < -0.3 is 10.6 Å². The lowest BCUT2D eigenvalue weighted by Crippen LogP contribution is -2.17. The average Bonchev–Trinajstić information content (AvgIpc) is 2.50. The Morgan fingerprint density at radius 1 is 0.952 bits per heavy atom. The van der Waals surface area contributed by atoms with Gasteiger partial charge in [0.1, 0.15) is 0 Å². The molecule has 0 saturated heterocycles. The molecule has 0 radical (unpaired) electrons. The van der Waals surface area contributed by atoms with Gasteiger partial charge in [-0.1, -0.05) is 36.8 Å². The van der Waals surface area contributed by atoms with E-state index in [1.165, 1.54) is 0 Å². The maximum atomic E-state index is 12.3. The number of hydrogen-bond acceptors (Lipinski definition) is 2. The minimum Gasteiger partial charge on any atom is -0.325 e. The lowest BCUT2D eigenvalue weighted by atomic mass is 10.1. The summed E-state index contributed by atoms with van der Waals surface area (Å²) in [6.07, 6.45) is 0.369. The molecular weight excluding hydrogens is 264 g/mol. The smallest absolute Gasteiger partial charge is 0.257 e. The summed E-state index contributed by atoms with van der Waals surface area (Å²) >= 11 is 0. The van der Waals surface area contributed by atoms with Crippen LogP contribution in [0.1, 0.15) is 29.3 Å². The molecule has 4 nitrogen and oxygen atoms in total. The number of anilines is 2. The van der Waals surface area contributed by atoms with Crippen LogP contribution in [0.2, 0.25) is 0 Å². The first-order valence-electron chi connectivity index (χ1n) is 6.87. The first-order chi connectivity index (χ1) is 10.1. The van der Waals surface area contributed by atoms with Crippen LogP contribution in [0.5, 0.6) is 0 Å². The van der Waals surface area contributed by atoms with Gasteiger partial charge in [0.25, 0.3) is 5.91 Å². The van der Waals surface area contributed by atoms with Gasteiger partial charge in [-0.25, -0.2) is 0 Å². The Balaban J connectivity index is 2.18. The van der Waals surface area contributed by atoms with Crippen LogP contribution in [0.25, 0.3) is 0 Å². The first-order valence-corrected chi connectivity index (χ1v) is 6.87. The molecule has 2 rings (SSSR count). The van der Waals surface area contributed by atoms with Crippen LogP contribution in [0.15, 0.2) is 48.5 Å². The highest BCUT2D eigenvalue weighted by Crippen LogP contribution is 2.18. The number of carbonyl (C=O) groups excluding carboxylic acids is 2. The number of amides is 2. The van der Waals surface area contributed by atoms with E-state index in [-0.39, 0.29) is 11.8 Å². The molecule has 2 N–H and O–H groups in total. The zero-order valence-corrected chi connectivity index (χ0v) is 12.1. The Morgan fingerprint density at radius 2 is 1.62 bits per heavy atom. The molecule has 0 atom stereocenters. The second-order valence-corrected chi connectivity index (χ2v) is 4.77. The molecule has 0 spiro atoms. The Hall–Kier alpha value is -2.62. The van der Waals surface area contributed by atoms with Gasteiger partial charge in [-0.2, -0.15) is 0 Å². The molecule has 21 heavy (non-hydrogen) atoms. The van der Waals surface area contributed by atoms with Crippen molar-refractivity contribution in [3.05, 3.63) is 59.7 Å². The van der Waals surface area contributed by atoms with E-state index in [0.717, 1.165) is 11.3 Å². The van der Waals surface area contributed by atoms with Crippen LogP contribution in [-0.2, 0) is 4.79 Å². The van der Waals surface area contributed by atoms with E-state index >= 15 is 0 Å². The predicted molar refractivity (Wildman–Crippen MR) is 84.5 cm³/mol. The van der Waals surface area contributed by atoms with E-state index in [4.69, 9.17) is 0 Å². The summed E-state index contributed by atoms with van der Waals surface area (Å²) in [5, 5.41) is 5.56. The highest BCUT2D eigenvalue weighted by atomic mass is 16.2. The van der Waals surface area contributed by atoms with Crippen molar-refractivity contribution in [1.82, 2.24) is 0 Å². The Morgan fingerprint density at radius 3 is 2.29 bits per heavy atom. The summed E-state index contributed by atoms with van der Waals surface area (Å²) in [7, 11) is 0. The van der Waals surface area contributed by atoms with Crippen molar-refractivity contribution in [2.45, 2.75) is 20.3 Å². The standard InChI is InChI=1S/C17H18N2O2/c1-3-16(20)19-15-7-5-4-6-14(15)17(21)18-13-10-8-12(2)9-11-13/h4-11H,3H2,1-2H3,(H,18,21)(H,19,20). The van der Waals surface area contributed by atoms with Gasteiger partial charge in [0.2, 0.25) is 5.91 Å². The van der Waals surface area contributed by atoms with Gasteiger partial charge >= 0.3 is 0 Å². The van der Waals surface area contributed by atoms with E-state index < -0.39 is 0 Å². The largest absolute Gasteiger partial charge is 0.325 e. The van der Waals surface area contributed by atoms with Gasteiger partial charge in [-0.3, -0.25) is 9.59 Å². The quantitative estimate of drug-likeness (QED) is 0.900. The maximum absolute atomic E-state index is 12.3. The SMILES string of the molecule is CCC(=O)Nc1ccccc1C(=O)Nc1ccc(C)cc1. The normalized spacial score (nSPS) is 10.0. The highest BCUT2D eigenvalue weighted by molar-refractivity contribution is 6.10. The minimum absolute atomic E-state index is 0.120. The number of carbonyl (C=O) groups is 2. The fourth-order valence-corrected chi connectivity index (χ4v) is 1.86. The zero-order valence-electron chi connectivity index (χ0n) is 12.1. The minimum atomic E-state index is -0.245. The van der Waals surface area contributed by atoms with Crippen LogP contribution in [0.3, 0.4) is 0 Å². The van der Waals surface area contributed by atoms with Crippen molar-refractivity contribution in [2.75, 3.05) is 10.6 Å². The van der Waals surface area contributed by atoms with Crippen molar-refractivity contribution in [2.24, 2.45) is 0 Å². The molecule has 0 aliphatic rings. The molecule has 0 bridgehead atoms. The first kappa shape index (κ1) is 14.8. The number of aryl methyl sites for hydroxylation is 1. The summed E-state index contributed by atoms with van der Waals surface area (Å²) in [5.41, 5.74) is 2.82. The van der Waals surface area contributed by atoms with Crippen molar-refractivity contribution in [3.8, 4) is 0 Å². The van der Waals surface area contributed by atoms with Crippen LogP contribution in [-0.4, -0.2) is 11.8 Å². The van der Waals surface area contributed by atoms with Gasteiger partial charge in [-0.05, 0) is 31.2 Å². The maximum Gasteiger partial charge on any atom is 0.257 e. The van der Waals surface area contributed by atoms with Crippen molar-refractivity contribution >= 4 is 23.2 Å². The van der Waals surface area contributed by atoms with Gasteiger partial charge in [0, 0.05) is 12.1 Å². The Kier molecular flexibility index (Phi) is 4.72. The third-order valence-electron chi connectivity index (χ3n) is 3.08. The van der Waals surface area contributed by atoms with Crippen molar-refractivity contribution in [1.29, 1.82) is 0 Å². The molecular formula is C17H18N2O2. The van der Waals surface area contributed by atoms with Gasteiger partial charge in [0.15, 0.2) is 0 Å². The van der Waals surface area contributed by atoms with E-state index in [0.29, 0.717) is 17.7 Å². The second-order valence-electron chi connectivity index (χ2n) is 4.77. The fourth-order valence-electron chi connectivity index (χ4n) is 1.86. The van der Waals surface area contributed by atoms with Crippen LogP contribution < -0.4 is 10.6 Å². The molecule has 0 aliphatic heterocycles. The zero-order chi connectivity index (χ0) is 15.2. The van der Waals surface area contributed by atoms with Crippen LogP contribution in [0.4, 0.5) is 11.4 Å². The molecule has 2 aromatic rings. The van der Waals surface area contributed by atoms with Gasteiger partial charge in [-0.15, -0.1) is 0 Å². The van der Waals surface area contributed by atoms with Gasteiger partial charge in [0.05, 0.1) is 11.3 Å². The molecule has 0 fully saturated rings.